The summed E-state index contributed by atoms with van der Waals surface area (Å²) in [6, 6.07) is 3.98. The van der Waals surface area contributed by atoms with Gasteiger partial charge in [-0.2, -0.15) is 0 Å². The highest BCUT2D eigenvalue weighted by Crippen LogP contribution is 2.36. The zero-order chi connectivity index (χ0) is 17.3. The third-order valence-corrected chi connectivity index (χ3v) is 9.94. The minimum Gasteiger partial charge on any atom is -0.508 e. The molecule has 0 fully saturated rings. The highest BCUT2D eigenvalue weighted by Gasteiger charge is 2.37. The first kappa shape index (κ1) is 18.5. The lowest BCUT2D eigenvalue weighted by atomic mass is 9.89. The van der Waals surface area contributed by atoms with Gasteiger partial charge in [0.15, 0.2) is 8.32 Å². The Kier molecular flexibility index (Phi) is 5.59. The van der Waals surface area contributed by atoms with Crippen LogP contribution in [-0.2, 0) is 23.7 Å². The van der Waals surface area contributed by atoms with E-state index in [0.29, 0.717) is 18.8 Å². The number of aryl methyl sites for hydroxylation is 2. The van der Waals surface area contributed by atoms with Crippen LogP contribution < -0.4 is 0 Å². The highest BCUT2D eigenvalue weighted by atomic mass is 28.4. The monoisotopic (exact) mass is 336 g/mol. The van der Waals surface area contributed by atoms with Crippen LogP contribution in [0.3, 0.4) is 0 Å². The highest BCUT2D eigenvalue weighted by molar-refractivity contribution is 6.74. The van der Waals surface area contributed by atoms with E-state index in [4.69, 9.17) is 4.43 Å². The van der Waals surface area contributed by atoms with E-state index in [0.717, 1.165) is 18.4 Å². The maximum Gasteiger partial charge on any atom is 0.192 e. The Morgan fingerprint density at radius 2 is 1.70 bits per heavy atom. The van der Waals surface area contributed by atoms with Crippen molar-refractivity contribution in [3.63, 3.8) is 0 Å². The molecule has 0 bridgehead atoms. The molecule has 4 heteroatoms. The minimum atomic E-state index is -1.84. The van der Waals surface area contributed by atoms with E-state index < -0.39 is 14.4 Å². The third-order valence-electron chi connectivity index (χ3n) is 5.44. The van der Waals surface area contributed by atoms with Crippen LogP contribution in [0.2, 0.25) is 18.1 Å². The topological polar surface area (TPSA) is 49.7 Å². The summed E-state index contributed by atoms with van der Waals surface area (Å²) in [5.74, 6) is 0.317. The standard InChI is InChI=1S/C19H32O3Si/c1-19(2,3)23(4,5)22-13-17(20)11-16-10-14-8-6-7-9-15(14)12-18(16)21/h10,12,17,20-21H,6-9,11,13H2,1-5H3. The summed E-state index contributed by atoms with van der Waals surface area (Å²) >= 11 is 0. The zero-order valence-electron chi connectivity index (χ0n) is 15.3. The lowest BCUT2D eigenvalue weighted by Crippen LogP contribution is -2.42. The molecule has 0 aromatic heterocycles. The molecule has 0 saturated heterocycles. The predicted octanol–water partition coefficient (Wildman–Crippen LogP) is 4.20. The maximum atomic E-state index is 10.3. The van der Waals surface area contributed by atoms with Crippen LogP contribution in [-0.4, -0.2) is 31.2 Å². The number of aliphatic hydroxyl groups is 1. The fourth-order valence-electron chi connectivity index (χ4n) is 2.82. The van der Waals surface area contributed by atoms with Gasteiger partial charge in [-0.15, -0.1) is 0 Å². The predicted molar refractivity (Wildman–Crippen MR) is 97.6 cm³/mol. The molecule has 0 heterocycles. The molecule has 1 aliphatic rings. The van der Waals surface area contributed by atoms with Gasteiger partial charge in [0.1, 0.15) is 5.75 Å². The van der Waals surface area contributed by atoms with Crippen LogP contribution in [0.1, 0.15) is 50.3 Å². The minimum absolute atomic E-state index is 0.140. The molecule has 3 nitrogen and oxygen atoms in total. The van der Waals surface area contributed by atoms with Crippen LogP contribution in [0.25, 0.3) is 0 Å². The van der Waals surface area contributed by atoms with Crippen molar-refractivity contribution in [3.8, 4) is 5.75 Å². The lowest BCUT2D eigenvalue weighted by molar-refractivity contribution is 0.0995. The molecule has 1 unspecified atom stereocenters. The normalized spacial score (nSPS) is 17.0. The van der Waals surface area contributed by atoms with Crippen LogP contribution in [0.15, 0.2) is 12.1 Å². The summed E-state index contributed by atoms with van der Waals surface area (Å²) < 4.78 is 6.09. The second-order valence-electron chi connectivity index (χ2n) is 8.39. The molecule has 0 aliphatic heterocycles. The van der Waals surface area contributed by atoms with E-state index in [-0.39, 0.29) is 5.04 Å². The first-order valence-corrected chi connectivity index (χ1v) is 11.7. The van der Waals surface area contributed by atoms with E-state index >= 15 is 0 Å². The van der Waals surface area contributed by atoms with Gasteiger partial charge >= 0.3 is 0 Å². The number of aromatic hydroxyl groups is 1. The van der Waals surface area contributed by atoms with Gasteiger partial charge in [0.2, 0.25) is 0 Å². The second kappa shape index (κ2) is 6.95. The van der Waals surface area contributed by atoms with Crippen molar-refractivity contribution < 1.29 is 14.6 Å². The van der Waals surface area contributed by atoms with E-state index in [1.807, 2.05) is 6.07 Å². The Bertz CT molecular complexity index is 546. The molecule has 0 saturated carbocycles. The van der Waals surface area contributed by atoms with Crippen molar-refractivity contribution >= 4 is 8.32 Å². The van der Waals surface area contributed by atoms with Crippen molar-refractivity contribution in [3.05, 3.63) is 28.8 Å². The first-order valence-electron chi connectivity index (χ1n) is 8.76. The van der Waals surface area contributed by atoms with Gasteiger partial charge in [0.25, 0.3) is 0 Å². The molecular formula is C19H32O3Si. The van der Waals surface area contributed by atoms with Gasteiger partial charge in [-0.05, 0) is 66.6 Å². The molecule has 1 aliphatic carbocycles. The Morgan fingerprint density at radius 3 is 2.26 bits per heavy atom. The average Bonchev–Trinajstić information content (AvgIpc) is 2.45. The van der Waals surface area contributed by atoms with Gasteiger partial charge in [-0.25, -0.2) is 0 Å². The molecule has 1 aromatic carbocycles. The molecule has 1 atom stereocenters. The van der Waals surface area contributed by atoms with Gasteiger partial charge in [0, 0.05) is 6.42 Å². The molecular weight excluding hydrogens is 304 g/mol. The molecule has 2 rings (SSSR count). The van der Waals surface area contributed by atoms with Crippen molar-refractivity contribution in [2.75, 3.05) is 6.61 Å². The van der Waals surface area contributed by atoms with Gasteiger partial charge < -0.3 is 14.6 Å². The van der Waals surface area contributed by atoms with Crippen molar-refractivity contribution in [1.82, 2.24) is 0 Å². The molecule has 2 N–H and O–H groups in total. The molecule has 1 aromatic rings. The van der Waals surface area contributed by atoms with E-state index in [2.05, 4.69) is 39.9 Å². The number of phenols is 1. The number of hydrogen-bond donors (Lipinski definition) is 2. The van der Waals surface area contributed by atoms with Crippen molar-refractivity contribution in [2.24, 2.45) is 0 Å². The maximum absolute atomic E-state index is 10.3. The summed E-state index contributed by atoms with van der Waals surface area (Å²) in [7, 11) is -1.84. The van der Waals surface area contributed by atoms with Gasteiger partial charge in [-0.1, -0.05) is 26.8 Å². The van der Waals surface area contributed by atoms with Gasteiger partial charge in [-0.3, -0.25) is 0 Å². The van der Waals surface area contributed by atoms with Crippen molar-refractivity contribution in [2.45, 2.75) is 77.1 Å². The number of hydrogen-bond acceptors (Lipinski definition) is 3. The summed E-state index contributed by atoms with van der Waals surface area (Å²) in [6.07, 6.45) is 4.44. The molecule has 130 valence electrons. The number of rotatable bonds is 5. The lowest BCUT2D eigenvalue weighted by Gasteiger charge is -2.36. The quantitative estimate of drug-likeness (QED) is 0.793. The molecule has 23 heavy (non-hydrogen) atoms. The SMILES string of the molecule is CC(C)(C)[Si](C)(C)OCC(O)Cc1cc2c(cc1O)CCCC2. The summed E-state index contributed by atoms with van der Waals surface area (Å²) in [6.45, 7) is 11.3. The van der Waals surface area contributed by atoms with Crippen LogP contribution >= 0.6 is 0 Å². The fourth-order valence-corrected chi connectivity index (χ4v) is 3.86. The Labute approximate surface area is 141 Å². The average molecular weight is 337 g/mol. The Hall–Kier alpha value is -0.843. The number of phenolic OH excluding ortho intramolecular Hbond substituents is 1. The third kappa shape index (κ3) is 4.58. The zero-order valence-corrected chi connectivity index (χ0v) is 16.3. The van der Waals surface area contributed by atoms with Gasteiger partial charge in [0.05, 0.1) is 12.7 Å². The van der Waals surface area contributed by atoms with Crippen molar-refractivity contribution in [1.29, 1.82) is 0 Å². The van der Waals surface area contributed by atoms with E-state index in [1.54, 1.807) is 0 Å². The fraction of sp³-hybridized carbons (Fsp3) is 0.684. The first-order chi connectivity index (χ1) is 10.6. The Balaban J connectivity index is 1.99. The van der Waals surface area contributed by atoms with Crippen LogP contribution in [0.4, 0.5) is 0 Å². The second-order valence-corrected chi connectivity index (χ2v) is 13.2. The summed E-state index contributed by atoms with van der Waals surface area (Å²) in [5, 5.41) is 20.7. The summed E-state index contributed by atoms with van der Waals surface area (Å²) in [4.78, 5) is 0. The van der Waals surface area contributed by atoms with E-state index in [1.165, 1.54) is 24.0 Å². The van der Waals surface area contributed by atoms with E-state index in [9.17, 15) is 10.2 Å². The van der Waals surface area contributed by atoms with Crippen LogP contribution in [0, 0.1) is 0 Å². The Morgan fingerprint density at radius 1 is 1.13 bits per heavy atom. The molecule has 0 amide bonds. The molecule has 0 spiro atoms. The smallest absolute Gasteiger partial charge is 0.192 e. The number of aliphatic hydroxyl groups excluding tert-OH is 1. The molecule has 0 radical (unpaired) electrons. The van der Waals surface area contributed by atoms with Crippen LogP contribution in [0.5, 0.6) is 5.75 Å². The number of fused-ring (bicyclic) bond motifs is 1. The largest absolute Gasteiger partial charge is 0.508 e. The number of benzene rings is 1. The summed E-state index contributed by atoms with van der Waals surface area (Å²) in [5.41, 5.74) is 3.45.